The molecule has 3 aliphatic rings. The SMILES string of the molecule is COc1cccc([C@@H]2Nc3ccc(C(=O)O)cc3[C@@H]3[C@@H]4CC[C@@H](C4)[C@@H]32)c1OC. The number of carboxylic acids is 1. The Morgan fingerprint density at radius 2 is 1.89 bits per heavy atom. The van der Waals surface area contributed by atoms with Crippen LogP contribution >= 0.6 is 0 Å². The minimum Gasteiger partial charge on any atom is -0.493 e. The molecule has 0 amide bonds. The minimum absolute atomic E-state index is 0.133. The van der Waals surface area contributed by atoms with Crippen molar-refractivity contribution in [3.63, 3.8) is 0 Å². The quantitative estimate of drug-likeness (QED) is 0.806. The number of aromatic carboxylic acids is 1. The van der Waals surface area contributed by atoms with E-state index in [1.54, 1.807) is 20.3 Å². The first-order valence-electron chi connectivity index (χ1n) is 9.97. The normalized spacial score (nSPS) is 29.6. The van der Waals surface area contributed by atoms with Crippen molar-refractivity contribution in [2.24, 2.45) is 17.8 Å². The van der Waals surface area contributed by atoms with Crippen LogP contribution in [0.25, 0.3) is 0 Å². The maximum atomic E-state index is 11.5. The fraction of sp³-hybridized carbons (Fsp3) is 0.435. The number of anilines is 1. The molecule has 5 nitrogen and oxygen atoms in total. The van der Waals surface area contributed by atoms with E-state index in [9.17, 15) is 9.90 Å². The van der Waals surface area contributed by atoms with Crippen LogP contribution in [-0.2, 0) is 0 Å². The number of para-hydroxylation sites is 1. The van der Waals surface area contributed by atoms with E-state index in [1.165, 1.54) is 24.8 Å². The number of fused-ring (bicyclic) bond motifs is 7. The molecule has 1 heterocycles. The van der Waals surface area contributed by atoms with E-state index in [1.807, 2.05) is 24.3 Å². The van der Waals surface area contributed by atoms with Gasteiger partial charge in [-0.15, -0.1) is 0 Å². The third-order valence-electron chi connectivity index (χ3n) is 7.10. The summed E-state index contributed by atoms with van der Waals surface area (Å²) in [5, 5.41) is 13.2. The fourth-order valence-electron chi connectivity index (χ4n) is 6.09. The molecule has 5 heteroatoms. The zero-order chi connectivity index (χ0) is 19.4. The number of methoxy groups -OCH3 is 2. The smallest absolute Gasteiger partial charge is 0.335 e. The maximum absolute atomic E-state index is 11.5. The number of ether oxygens (including phenoxy) is 2. The van der Waals surface area contributed by atoms with Crippen molar-refractivity contribution >= 4 is 11.7 Å². The second-order valence-corrected chi connectivity index (χ2v) is 8.25. The lowest BCUT2D eigenvalue weighted by Crippen LogP contribution is -2.35. The number of rotatable bonds is 4. The van der Waals surface area contributed by atoms with Gasteiger partial charge >= 0.3 is 5.97 Å². The van der Waals surface area contributed by atoms with E-state index in [0.717, 1.165) is 22.7 Å². The Hall–Kier alpha value is -2.69. The van der Waals surface area contributed by atoms with Gasteiger partial charge in [0, 0.05) is 11.3 Å². The van der Waals surface area contributed by atoms with Crippen LogP contribution in [0.15, 0.2) is 36.4 Å². The monoisotopic (exact) mass is 379 g/mol. The molecule has 2 fully saturated rings. The molecule has 2 N–H and O–H groups in total. The van der Waals surface area contributed by atoms with Crippen LogP contribution in [0.2, 0.25) is 0 Å². The third-order valence-corrected chi connectivity index (χ3v) is 7.10. The Morgan fingerprint density at radius 3 is 2.64 bits per heavy atom. The van der Waals surface area contributed by atoms with Crippen LogP contribution in [0.4, 0.5) is 5.69 Å². The third kappa shape index (κ3) is 2.42. The average Bonchev–Trinajstić information content (AvgIpc) is 3.34. The highest BCUT2D eigenvalue weighted by atomic mass is 16.5. The summed E-state index contributed by atoms with van der Waals surface area (Å²) in [6.07, 6.45) is 3.73. The van der Waals surface area contributed by atoms with Crippen molar-refractivity contribution in [1.29, 1.82) is 0 Å². The van der Waals surface area contributed by atoms with E-state index in [4.69, 9.17) is 9.47 Å². The summed E-state index contributed by atoms with van der Waals surface area (Å²) >= 11 is 0. The summed E-state index contributed by atoms with van der Waals surface area (Å²) in [7, 11) is 3.36. The Kier molecular flexibility index (Phi) is 4.00. The molecule has 2 bridgehead atoms. The van der Waals surface area contributed by atoms with Gasteiger partial charge < -0.3 is 19.9 Å². The first-order valence-corrected chi connectivity index (χ1v) is 9.97. The van der Waals surface area contributed by atoms with E-state index in [-0.39, 0.29) is 6.04 Å². The summed E-state index contributed by atoms with van der Waals surface area (Å²) in [5.74, 6) is 2.80. The van der Waals surface area contributed by atoms with Crippen molar-refractivity contribution in [3.8, 4) is 11.5 Å². The Bertz CT molecular complexity index is 940. The van der Waals surface area contributed by atoms with E-state index in [0.29, 0.717) is 29.2 Å². The highest BCUT2D eigenvalue weighted by molar-refractivity contribution is 5.89. The van der Waals surface area contributed by atoms with Gasteiger partial charge in [0.15, 0.2) is 11.5 Å². The van der Waals surface area contributed by atoms with Crippen molar-refractivity contribution in [2.45, 2.75) is 31.2 Å². The largest absolute Gasteiger partial charge is 0.493 e. The molecular formula is C23H25NO4. The Labute approximate surface area is 164 Å². The first kappa shape index (κ1) is 17.4. The molecule has 5 rings (SSSR count). The van der Waals surface area contributed by atoms with Gasteiger partial charge in [0.05, 0.1) is 25.8 Å². The molecule has 0 aromatic heterocycles. The predicted octanol–water partition coefficient (Wildman–Crippen LogP) is 4.70. The lowest BCUT2D eigenvalue weighted by atomic mass is 9.67. The van der Waals surface area contributed by atoms with Gasteiger partial charge in [0.1, 0.15) is 0 Å². The average molecular weight is 379 g/mol. The standard InChI is InChI=1S/C23H25NO4/c1-27-18-5-3-4-15(22(18)28-2)21-20-13-7-6-12(10-13)19(20)16-11-14(23(25)26)8-9-17(16)24-21/h3-5,8-9,11-13,19-21,24H,6-7,10H2,1-2H3,(H,25,26)/t12-,13+,19+,20+,21+/m1/s1. The van der Waals surface area contributed by atoms with Crippen LogP contribution in [0.5, 0.6) is 11.5 Å². The molecule has 2 aromatic carbocycles. The number of nitrogens with one attached hydrogen (secondary N) is 1. The lowest BCUT2D eigenvalue weighted by molar-refractivity contribution is 0.0696. The molecule has 2 aliphatic carbocycles. The summed E-state index contributed by atoms with van der Waals surface area (Å²) < 4.78 is 11.3. The van der Waals surface area contributed by atoms with Gasteiger partial charge in [0.2, 0.25) is 0 Å². The van der Waals surface area contributed by atoms with Gasteiger partial charge in [0.25, 0.3) is 0 Å². The second-order valence-electron chi connectivity index (χ2n) is 8.25. The van der Waals surface area contributed by atoms with Gasteiger partial charge in [-0.25, -0.2) is 4.79 Å². The highest BCUT2D eigenvalue weighted by Gasteiger charge is 2.54. The molecule has 5 atom stereocenters. The topological polar surface area (TPSA) is 67.8 Å². The van der Waals surface area contributed by atoms with Crippen LogP contribution < -0.4 is 14.8 Å². The fourth-order valence-corrected chi connectivity index (χ4v) is 6.09. The molecule has 0 unspecified atom stereocenters. The van der Waals surface area contributed by atoms with Gasteiger partial charge in [-0.2, -0.15) is 0 Å². The molecule has 0 saturated heterocycles. The van der Waals surface area contributed by atoms with Crippen LogP contribution in [0.1, 0.15) is 52.7 Å². The molecule has 146 valence electrons. The molecular weight excluding hydrogens is 354 g/mol. The van der Waals surface area contributed by atoms with Gasteiger partial charge in [-0.3, -0.25) is 0 Å². The summed E-state index contributed by atoms with van der Waals surface area (Å²) in [4.78, 5) is 11.5. The van der Waals surface area contributed by atoms with Crippen molar-refractivity contribution < 1.29 is 19.4 Å². The molecule has 2 saturated carbocycles. The zero-order valence-corrected chi connectivity index (χ0v) is 16.1. The summed E-state index contributed by atoms with van der Waals surface area (Å²) in [6.45, 7) is 0. The van der Waals surface area contributed by atoms with Crippen molar-refractivity contribution in [1.82, 2.24) is 0 Å². The predicted molar refractivity (Wildman–Crippen MR) is 106 cm³/mol. The van der Waals surface area contributed by atoms with Crippen LogP contribution in [-0.4, -0.2) is 25.3 Å². The minimum atomic E-state index is -0.862. The number of hydrogen-bond acceptors (Lipinski definition) is 4. The van der Waals surface area contributed by atoms with Crippen molar-refractivity contribution in [2.75, 3.05) is 19.5 Å². The molecule has 0 spiro atoms. The second kappa shape index (κ2) is 6.43. The maximum Gasteiger partial charge on any atom is 0.335 e. The van der Waals surface area contributed by atoms with Gasteiger partial charge in [-0.05, 0) is 72.8 Å². The zero-order valence-electron chi connectivity index (χ0n) is 16.1. The lowest BCUT2D eigenvalue weighted by Gasteiger charge is -2.44. The van der Waals surface area contributed by atoms with E-state index >= 15 is 0 Å². The van der Waals surface area contributed by atoms with Crippen LogP contribution in [0, 0.1) is 17.8 Å². The number of benzene rings is 2. The highest BCUT2D eigenvalue weighted by Crippen LogP contribution is 2.64. The number of carboxylic acid groups (broad SMARTS) is 1. The van der Waals surface area contributed by atoms with Crippen LogP contribution in [0.3, 0.4) is 0 Å². The van der Waals surface area contributed by atoms with Gasteiger partial charge in [-0.1, -0.05) is 12.1 Å². The Balaban J connectivity index is 1.65. The summed E-state index contributed by atoms with van der Waals surface area (Å²) in [6, 6.07) is 11.7. The molecule has 0 radical (unpaired) electrons. The molecule has 2 aromatic rings. The molecule has 28 heavy (non-hydrogen) atoms. The van der Waals surface area contributed by atoms with E-state index < -0.39 is 5.97 Å². The Morgan fingerprint density at radius 1 is 1.07 bits per heavy atom. The number of hydrogen-bond donors (Lipinski definition) is 2. The summed E-state index contributed by atoms with van der Waals surface area (Å²) in [5.41, 5.74) is 3.72. The number of carbonyl (C=O) groups is 1. The first-order chi connectivity index (χ1) is 13.6. The molecule has 1 aliphatic heterocycles. The van der Waals surface area contributed by atoms with E-state index in [2.05, 4.69) is 11.4 Å². The van der Waals surface area contributed by atoms with Crippen molar-refractivity contribution in [3.05, 3.63) is 53.1 Å².